The smallest absolute Gasteiger partial charge is 0.246 e. The molecular weight excluding hydrogens is 488 g/mol. The Morgan fingerprint density at radius 1 is 1.05 bits per heavy atom. The molecule has 1 saturated carbocycles. The van der Waals surface area contributed by atoms with Crippen LogP contribution in [0.4, 0.5) is 5.82 Å². The molecule has 39 heavy (non-hydrogen) atoms. The highest BCUT2D eigenvalue weighted by atomic mass is 16.5. The fourth-order valence-electron chi connectivity index (χ4n) is 5.53. The van der Waals surface area contributed by atoms with E-state index in [0.29, 0.717) is 18.3 Å². The highest BCUT2D eigenvalue weighted by Crippen LogP contribution is 2.51. The summed E-state index contributed by atoms with van der Waals surface area (Å²) in [4.78, 5) is 26.0. The standard InChI is InChI=1S/C31H34N6O2/c1-35(2)17-6-9-26(38)36-18-16-23(19-36)37-29(22-10-11-22)27(28-30(32)33-20-34-31(28)37)21-12-14-25(15-13-21)39-24-7-4-3-5-8-24/h3-9,12-15,20,22-23H,10-11,16-19H2,1-2H3,(H2,32,33,34)/t23-/m1/s1. The van der Waals surface area contributed by atoms with Crippen LogP contribution in [0.15, 0.2) is 73.1 Å². The lowest BCUT2D eigenvalue weighted by Crippen LogP contribution is -2.28. The Morgan fingerprint density at radius 3 is 2.51 bits per heavy atom. The number of amides is 1. The van der Waals surface area contributed by atoms with Crippen LogP contribution in [-0.2, 0) is 4.79 Å². The number of hydrogen-bond acceptors (Lipinski definition) is 6. The van der Waals surface area contributed by atoms with Crippen molar-refractivity contribution in [1.82, 2.24) is 24.3 Å². The van der Waals surface area contributed by atoms with Crippen LogP contribution in [0.1, 0.15) is 36.9 Å². The number of nitrogen functional groups attached to an aromatic ring is 1. The Morgan fingerprint density at radius 2 is 1.79 bits per heavy atom. The molecule has 0 bridgehead atoms. The van der Waals surface area contributed by atoms with E-state index >= 15 is 0 Å². The van der Waals surface area contributed by atoms with E-state index < -0.39 is 0 Å². The number of ether oxygens (including phenoxy) is 1. The molecule has 200 valence electrons. The van der Waals surface area contributed by atoms with Crippen LogP contribution >= 0.6 is 0 Å². The van der Waals surface area contributed by atoms with Crippen LogP contribution in [0.3, 0.4) is 0 Å². The summed E-state index contributed by atoms with van der Waals surface area (Å²) in [7, 11) is 3.98. The third kappa shape index (κ3) is 5.12. The molecule has 4 aromatic rings. The fraction of sp³-hybridized carbons (Fsp3) is 0.323. The monoisotopic (exact) mass is 522 g/mol. The van der Waals surface area contributed by atoms with Gasteiger partial charge in [0.15, 0.2) is 0 Å². The van der Waals surface area contributed by atoms with Crippen molar-refractivity contribution < 1.29 is 9.53 Å². The molecule has 0 radical (unpaired) electrons. The second-order valence-corrected chi connectivity index (χ2v) is 10.7. The van der Waals surface area contributed by atoms with E-state index in [0.717, 1.165) is 66.0 Å². The maximum Gasteiger partial charge on any atom is 0.246 e. The first-order valence-electron chi connectivity index (χ1n) is 13.6. The van der Waals surface area contributed by atoms with Gasteiger partial charge in [0, 0.05) is 37.0 Å². The zero-order valence-electron chi connectivity index (χ0n) is 22.5. The van der Waals surface area contributed by atoms with Gasteiger partial charge in [-0.15, -0.1) is 0 Å². The minimum Gasteiger partial charge on any atom is -0.457 e. The number of aromatic nitrogens is 3. The molecule has 2 fully saturated rings. The van der Waals surface area contributed by atoms with Gasteiger partial charge in [0.2, 0.25) is 5.91 Å². The molecule has 6 rings (SSSR count). The van der Waals surface area contributed by atoms with Gasteiger partial charge in [-0.05, 0) is 69.1 Å². The SMILES string of the molecule is CN(C)CC=CC(=O)N1CC[C@@H](n2c(C3CC3)c(-c3ccc(Oc4ccccc4)cc3)c3c(N)ncnc32)C1. The Hall–Kier alpha value is -4.17. The van der Waals surface area contributed by atoms with Crippen LogP contribution < -0.4 is 10.5 Å². The van der Waals surface area contributed by atoms with Gasteiger partial charge in [-0.3, -0.25) is 4.79 Å². The fourth-order valence-corrected chi connectivity index (χ4v) is 5.53. The normalized spacial score (nSPS) is 17.5. The summed E-state index contributed by atoms with van der Waals surface area (Å²) in [6.07, 6.45) is 8.32. The van der Waals surface area contributed by atoms with Crippen molar-refractivity contribution in [2.45, 2.75) is 31.2 Å². The van der Waals surface area contributed by atoms with E-state index in [-0.39, 0.29) is 11.9 Å². The first kappa shape index (κ1) is 25.1. The lowest BCUT2D eigenvalue weighted by molar-refractivity contribution is -0.125. The predicted octanol–water partition coefficient (Wildman–Crippen LogP) is 5.24. The Balaban J connectivity index is 1.36. The number of likely N-dealkylation sites (tertiary alicyclic amines) is 1. The van der Waals surface area contributed by atoms with Crippen molar-refractivity contribution in [2.24, 2.45) is 0 Å². The Labute approximate surface area is 228 Å². The largest absolute Gasteiger partial charge is 0.457 e. The quantitative estimate of drug-likeness (QED) is 0.318. The second kappa shape index (κ2) is 10.5. The van der Waals surface area contributed by atoms with Crippen molar-refractivity contribution in [2.75, 3.05) is 39.5 Å². The van der Waals surface area contributed by atoms with Crippen LogP contribution in [-0.4, -0.2) is 64.0 Å². The number of benzene rings is 2. The zero-order valence-corrected chi connectivity index (χ0v) is 22.5. The molecule has 1 amide bonds. The summed E-state index contributed by atoms with van der Waals surface area (Å²) in [5.41, 5.74) is 10.8. The Bertz CT molecular complexity index is 1510. The summed E-state index contributed by atoms with van der Waals surface area (Å²) in [5.74, 6) is 2.57. The molecular formula is C31H34N6O2. The number of likely N-dealkylation sites (N-methyl/N-ethyl adjacent to an activating group) is 1. The maximum atomic E-state index is 12.9. The highest BCUT2D eigenvalue weighted by Gasteiger charge is 2.38. The van der Waals surface area contributed by atoms with E-state index in [1.165, 1.54) is 5.69 Å². The molecule has 2 N–H and O–H groups in total. The van der Waals surface area contributed by atoms with Gasteiger partial charge >= 0.3 is 0 Å². The lowest BCUT2D eigenvalue weighted by atomic mass is 10.0. The van der Waals surface area contributed by atoms with Gasteiger partial charge < -0.3 is 24.8 Å². The molecule has 1 atom stereocenters. The van der Waals surface area contributed by atoms with Crippen molar-refractivity contribution in [3.63, 3.8) is 0 Å². The summed E-state index contributed by atoms with van der Waals surface area (Å²) in [6.45, 7) is 2.12. The van der Waals surface area contributed by atoms with Crippen LogP contribution in [0.2, 0.25) is 0 Å². The number of nitrogens with two attached hydrogens (primary N) is 1. The summed E-state index contributed by atoms with van der Waals surface area (Å²) < 4.78 is 8.40. The third-order valence-electron chi connectivity index (χ3n) is 7.51. The molecule has 8 heteroatoms. The molecule has 8 nitrogen and oxygen atoms in total. The molecule has 2 aromatic heterocycles. The summed E-state index contributed by atoms with van der Waals surface area (Å²) >= 11 is 0. The summed E-state index contributed by atoms with van der Waals surface area (Å²) in [6, 6.07) is 18.1. The Kier molecular flexibility index (Phi) is 6.79. The number of anilines is 1. The van der Waals surface area contributed by atoms with Crippen LogP contribution in [0.25, 0.3) is 22.2 Å². The van der Waals surface area contributed by atoms with Gasteiger partial charge in [0.1, 0.15) is 29.3 Å². The number of rotatable bonds is 8. The minimum absolute atomic E-state index is 0.0622. The third-order valence-corrected chi connectivity index (χ3v) is 7.51. The average molecular weight is 523 g/mol. The molecule has 3 heterocycles. The lowest BCUT2D eigenvalue weighted by Gasteiger charge is -2.19. The van der Waals surface area contributed by atoms with Crippen molar-refractivity contribution in [3.05, 3.63) is 78.8 Å². The van der Waals surface area contributed by atoms with Crippen molar-refractivity contribution >= 4 is 22.8 Å². The van der Waals surface area contributed by atoms with Crippen LogP contribution in [0.5, 0.6) is 11.5 Å². The summed E-state index contributed by atoms with van der Waals surface area (Å²) in [5, 5.41) is 0.895. The number of nitrogens with zero attached hydrogens (tertiary/aromatic N) is 5. The number of carbonyl (C=O) groups excluding carboxylic acids is 1. The van der Waals surface area contributed by atoms with Gasteiger partial charge in [0.25, 0.3) is 0 Å². The zero-order chi connectivity index (χ0) is 26.9. The van der Waals surface area contributed by atoms with Gasteiger partial charge in [-0.25, -0.2) is 9.97 Å². The predicted molar refractivity (Wildman–Crippen MR) is 154 cm³/mol. The van der Waals surface area contributed by atoms with E-state index in [2.05, 4.69) is 21.7 Å². The van der Waals surface area contributed by atoms with Crippen LogP contribution in [0, 0.1) is 0 Å². The molecule has 0 spiro atoms. The maximum absolute atomic E-state index is 12.9. The minimum atomic E-state index is 0.0622. The first-order chi connectivity index (χ1) is 19.0. The van der Waals surface area contributed by atoms with Gasteiger partial charge in [0.05, 0.1) is 11.4 Å². The van der Waals surface area contributed by atoms with E-state index in [1.807, 2.05) is 72.4 Å². The van der Waals surface area contributed by atoms with Gasteiger partial charge in [-0.2, -0.15) is 0 Å². The molecule has 2 aliphatic rings. The number of fused-ring (bicyclic) bond motifs is 1. The molecule has 2 aromatic carbocycles. The molecule has 0 unspecified atom stereocenters. The molecule has 1 aliphatic carbocycles. The number of para-hydroxylation sites is 1. The second-order valence-electron chi connectivity index (χ2n) is 10.7. The first-order valence-corrected chi connectivity index (χ1v) is 13.6. The van der Waals surface area contributed by atoms with Crippen molar-refractivity contribution in [1.29, 1.82) is 0 Å². The van der Waals surface area contributed by atoms with E-state index in [1.54, 1.807) is 12.4 Å². The van der Waals surface area contributed by atoms with Gasteiger partial charge in [-0.1, -0.05) is 36.4 Å². The molecule has 1 saturated heterocycles. The van der Waals surface area contributed by atoms with Crippen molar-refractivity contribution in [3.8, 4) is 22.6 Å². The number of carbonyl (C=O) groups is 1. The van der Waals surface area contributed by atoms with E-state index in [9.17, 15) is 4.79 Å². The van der Waals surface area contributed by atoms with E-state index in [4.69, 9.17) is 15.5 Å². The number of hydrogen-bond donors (Lipinski definition) is 1. The molecule has 1 aliphatic heterocycles. The topological polar surface area (TPSA) is 89.5 Å². The highest BCUT2D eigenvalue weighted by molar-refractivity contribution is 6.03. The average Bonchev–Trinajstić information content (AvgIpc) is 3.54.